The van der Waals surface area contributed by atoms with Crippen LogP contribution in [0.5, 0.6) is 0 Å². The van der Waals surface area contributed by atoms with Crippen LogP contribution in [0.4, 0.5) is 0 Å². The van der Waals surface area contributed by atoms with Gasteiger partial charge in [0.25, 0.3) is 0 Å². The standard InChI is InChI=1S/C23H24N2O2/c24-22(26)18-9-4-10-19(14-18)23(27)20-11-12-21(23)16-25(15-20)13-5-8-17-6-2-1-3-7-17/h1-4,6-7,9-10,14,20-21,27H,11-13,15-16H2,(H2,24,26). The highest BCUT2D eigenvalue weighted by molar-refractivity contribution is 5.92. The Morgan fingerprint density at radius 2 is 1.81 bits per heavy atom. The zero-order valence-electron chi connectivity index (χ0n) is 15.3. The molecule has 0 spiro atoms. The molecule has 3 N–H and O–H groups in total. The van der Waals surface area contributed by atoms with Crippen molar-refractivity contribution in [3.05, 3.63) is 71.3 Å². The topological polar surface area (TPSA) is 66.6 Å². The number of aliphatic hydroxyl groups is 1. The van der Waals surface area contributed by atoms with Gasteiger partial charge in [-0.3, -0.25) is 9.69 Å². The van der Waals surface area contributed by atoms with Crippen LogP contribution in [0.15, 0.2) is 54.6 Å². The van der Waals surface area contributed by atoms with E-state index < -0.39 is 11.5 Å². The van der Waals surface area contributed by atoms with Gasteiger partial charge in [-0.1, -0.05) is 42.2 Å². The summed E-state index contributed by atoms with van der Waals surface area (Å²) in [6, 6.07) is 17.2. The number of hydrogen-bond donors (Lipinski definition) is 2. The zero-order valence-corrected chi connectivity index (χ0v) is 15.3. The maximum Gasteiger partial charge on any atom is 0.248 e. The first-order chi connectivity index (χ1) is 13.1. The Hall–Kier alpha value is -2.61. The van der Waals surface area contributed by atoms with Crippen LogP contribution in [0, 0.1) is 23.7 Å². The molecule has 2 aromatic carbocycles. The summed E-state index contributed by atoms with van der Waals surface area (Å²) in [5.74, 6) is 6.32. The second-order valence-corrected chi connectivity index (χ2v) is 7.60. The van der Waals surface area contributed by atoms with Crippen molar-refractivity contribution in [1.29, 1.82) is 0 Å². The van der Waals surface area contributed by atoms with Crippen molar-refractivity contribution in [2.45, 2.75) is 18.4 Å². The largest absolute Gasteiger partial charge is 0.384 e. The van der Waals surface area contributed by atoms with E-state index in [0.717, 1.165) is 37.1 Å². The Labute approximate surface area is 160 Å². The summed E-state index contributed by atoms with van der Waals surface area (Å²) in [6.45, 7) is 2.34. The van der Waals surface area contributed by atoms with Crippen LogP contribution in [0.2, 0.25) is 0 Å². The van der Waals surface area contributed by atoms with E-state index in [9.17, 15) is 9.90 Å². The first kappa shape index (κ1) is 17.8. The summed E-state index contributed by atoms with van der Waals surface area (Å²) in [6.07, 6.45) is 1.98. The molecule has 2 aromatic rings. The third kappa shape index (κ3) is 3.37. The summed E-state index contributed by atoms with van der Waals surface area (Å²) in [5.41, 5.74) is 6.84. The summed E-state index contributed by atoms with van der Waals surface area (Å²) in [7, 11) is 0. The van der Waals surface area contributed by atoms with Gasteiger partial charge in [-0.15, -0.1) is 0 Å². The van der Waals surface area contributed by atoms with E-state index in [1.165, 1.54) is 0 Å². The Morgan fingerprint density at radius 3 is 2.48 bits per heavy atom. The normalized spacial score (nSPS) is 27.0. The molecule has 27 heavy (non-hydrogen) atoms. The first-order valence-corrected chi connectivity index (χ1v) is 9.46. The molecule has 1 heterocycles. The lowest BCUT2D eigenvalue weighted by molar-refractivity contribution is -0.0872. The molecule has 4 rings (SSSR count). The SMILES string of the molecule is NC(=O)c1cccc(C2(O)C3CCC2CN(CC#Cc2ccccc2)C3)c1. The Balaban J connectivity index is 1.50. The predicted molar refractivity (Wildman–Crippen MR) is 105 cm³/mol. The average molecular weight is 360 g/mol. The molecule has 2 unspecified atom stereocenters. The minimum atomic E-state index is -0.880. The van der Waals surface area contributed by atoms with Crippen molar-refractivity contribution in [1.82, 2.24) is 4.90 Å². The summed E-state index contributed by atoms with van der Waals surface area (Å²) in [5, 5.41) is 11.6. The number of nitrogens with zero attached hydrogens (tertiary/aromatic N) is 1. The van der Waals surface area contributed by atoms with Crippen LogP contribution in [-0.2, 0) is 5.60 Å². The molecule has 1 aliphatic heterocycles. The van der Waals surface area contributed by atoms with Gasteiger partial charge < -0.3 is 10.8 Å². The van der Waals surface area contributed by atoms with Crippen LogP contribution in [0.3, 0.4) is 0 Å². The van der Waals surface area contributed by atoms with Crippen molar-refractivity contribution in [2.75, 3.05) is 19.6 Å². The van der Waals surface area contributed by atoms with Crippen LogP contribution in [-0.4, -0.2) is 35.5 Å². The number of rotatable bonds is 3. The molecule has 138 valence electrons. The van der Waals surface area contributed by atoms with Gasteiger partial charge in [-0.2, -0.15) is 0 Å². The first-order valence-electron chi connectivity index (χ1n) is 9.46. The number of primary amides is 1. The molecule has 1 amide bonds. The van der Waals surface area contributed by atoms with Crippen molar-refractivity contribution < 1.29 is 9.90 Å². The fourth-order valence-electron chi connectivity index (χ4n) is 4.63. The number of nitrogens with two attached hydrogens (primary N) is 1. The van der Waals surface area contributed by atoms with Gasteiger partial charge in [0, 0.05) is 36.1 Å². The second-order valence-electron chi connectivity index (χ2n) is 7.60. The van der Waals surface area contributed by atoms with Gasteiger partial charge >= 0.3 is 0 Å². The van der Waals surface area contributed by atoms with Gasteiger partial charge in [0.2, 0.25) is 5.91 Å². The minimum absolute atomic E-state index is 0.151. The smallest absolute Gasteiger partial charge is 0.248 e. The van der Waals surface area contributed by atoms with Crippen molar-refractivity contribution in [2.24, 2.45) is 17.6 Å². The van der Waals surface area contributed by atoms with Gasteiger partial charge in [0.05, 0.1) is 12.1 Å². The predicted octanol–water partition coefficient (Wildman–Crippen LogP) is 2.37. The van der Waals surface area contributed by atoms with Gasteiger partial charge in [-0.05, 0) is 42.7 Å². The van der Waals surface area contributed by atoms with E-state index in [4.69, 9.17) is 5.73 Å². The van der Waals surface area contributed by atoms with E-state index >= 15 is 0 Å². The van der Waals surface area contributed by atoms with E-state index in [2.05, 4.69) is 16.7 Å². The minimum Gasteiger partial charge on any atom is -0.384 e. The average Bonchev–Trinajstić information content (AvgIpc) is 2.86. The molecular weight excluding hydrogens is 336 g/mol. The van der Waals surface area contributed by atoms with E-state index in [1.807, 2.05) is 42.5 Å². The number of carbonyl (C=O) groups excluding carboxylic acids is 1. The number of benzene rings is 2. The fourth-order valence-corrected chi connectivity index (χ4v) is 4.63. The van der Waals surface area contributed by atoms with Crippen molar-refractivity contribution in [3.63, 3.8) is 0 Å². The van der Waals surface area contributed by atoms with Crippen LogP contribution in [0.25, 0.3) is 0 Å². The highest BCUT2D eigenvalue weighted by Crippen LogP contribution is 2.51. The quantitative estimate of drug-likeness (QED) is 0.826. The Kier molecular flexibility index (Phi) is 4.73. The molecule has 2 aliphatic rings. The molecule has 0 radical (unpaired) electrons. The maximum atomic E-state index is 11.6. The van der Waals surface area contributed by atoms with Crippen LogP contribution in [0.1, 0.15) is 34.3 Å². The van der Waals surface area contributed by atoms with Crippen molar-refractivity contribution >= 4 is 5.91 Å². The van der Waals surface area contributed by atoms with Gasteiger partial charge in [-0.25, -0.2) is 0 Å². The molecule has 1 saturated carbocycles. The number of piperidine rings is 1. The Bertz CT molecular complexity index is 883. The molecule has 4 nitrogen and oxygen atoms in total. The van der Waals surface area contributed by atoms with Crippen molar-refractivity contribution in [3.8, 4) is 11.8 Å². The third-order valence-corrected chi connectivity index (χ3v) is 5.98. The number of hydrogen-bond acceptors (Lipinski definition) is 3. The molecule has 0 aromatic heterocycles. The lowest BCUT2D eigenvalue weighted by Crippen LogP contribution is -2.51. The summed E-state index contributed by atoms with van der Waals surface area (Å²) >= 11 is 0. The fraction of sp³-hybridized carbons (Fsp3) is 0.348. The van der Waals surface area contributed by atoms with E-state index in [0.29, 0.717) is 12.1 Å². The van der Waals surface area contributed by atoms with Crippen LogP contribution < -0.4 is 5.73 Å². The van der Waals surface area contributed by atoms with E-state index in [1.54, 1.807) is 12.1 Å². The number of fused-ring (bicyclic) bond motifs is 2. The molecule has 1 saturated heterocycles. The molecule has 2 atom stereocenters. The van der Waals surface area contributed by atoms with Gasteiger partial charge in [0.15, 0.2) is 0 Å². The molecule has 4 heteroatoms. The number of amides is 1. The highest BCUT2D eigenvalue weighted by atomic mass is 16.3. The number of carbonyl (C=O) groups is 1. The summed E-state index contributed by atoms with van der Waals surface area (Å²) in [4.78, 5) is 13.9. The highest BCUT2D eigenvalue weighted by Gasteiger charge is 2.53. The molecule has 1 aliphatic carbocycles. The summed E-state index contributed by atoms with van der Waals surface area (Å²) < 4.78 is 0. The maximum absolute atomic E-state index is 11.6. The lowest BCUT2D eigenvalue weighted by Gasteiger charge is -2.44. The molecule has 2 bridgehead atoms. The third-order valence-electron chi connectivity index (χ3n) is 5.98. The van der Waals surface area contributed by atoms with Gasteiger partial charge in [0.1, 0.15) is 0 Å². The van der Waals surface area contributed by atoms with E-state index in [-0.39, 0.29) is 11.8 Å². The second kappa shape index (κ2) is 7.19. The number of likely N-dealkylation sites (tertiary alicyclic amines) is 1. The zero-order chi connectivity index (χ0) is 18.9. The lowest BCUT2D eigenvalue weighted by atomic mass is 9.75. The van der Waals surface area contributed by atoms with Crippen LogP contribution >= 0.6 is 0 Å². The molecular formula is C23H24N2O2. The monoisotopic (exact) mass is 360 g/mol. The Morgan fingerprint density at radius 1 is 1.11 bits per heavy atom. The molecule has 2 fully saturated rings.